The lowest BCUT2D eigenvalue weighted by molar-refractivity contribution is -0.141. The fourth-order valence-electron chi connectivity index (χ4n) is 3.40. The lowest BCUT2D eigenvalue weighted by Crippen LogP contribution is -2.44. The Balaban J connectivity index is 1.96. The minimum absolute atomic E-state index is 0.0842. The number of rotatable bonds is 9. The molecule has 0 saturated heterocycles. The molecule has 1 atom stereocenters. The van der Waals surface area contributed by atoms with Crippen molar-refractivity contribution in [1.82, 2.24) is 0 Å². The van der Waals surface area contributed by atoms with Gasteiger partial charge in [-0.2, -0.15) is 0 Å². The van der Waals surface area contributed by atoms with Crippen LogP contribution in [0.4, 0.5) is 5.69 Å². The third-order valence-corrected chi connectivity index (χ3v) is 4.62. The van der Waals surface area contributed by atoms with Gasteiger partial charge in [-0.1, -0.05) is 20.8 Å². The van der Waals surface area contributed by atoms with Crippen molar-refractivity contribution in [2.45, 2.75) is 77.9 Å². The van der Waals surface area contributed by atoms with Crippen LogP contribution in [0.1, 0.15) is 66.2 Å². The molecule has 140 valence electrons. The van der Waals surface area contributed by atoms with Crippen LogP contribution >= 0.6 is 0 Å². The number of carbonyl (C=O) groups excluding carboxylic acids is 1. The van der Waals surface area contributed by atoms with Crippen molar-refractivity contribution in [3.63, 3.8) is 0 Å². The summed E-state index contributed by atoms with van der Waals surface area (Å²) in [5.41, 5.74) is -0.0257. The first-order chi connectivity index (χ1) is 11.9. The van der Waals surface area contributed by atoms with Crippen LogP contribution in [0.5, 0.6) is 5.75 Å². The van der Waals surface area contributed by atoms with Crippen LogP contribution < -0.4 is 10.1 Å². The fraction of sp³-hybridized carbons (Fsp3) is 0.667. The molecule has 25 heavy (non-hydrogen) atoms. The Kier molecular flexibility index (Phi) is 7.30. The predicted molar refractivity (Wildman–Crippen MR) is 102 cm³/mol. The second-order valence-corrected chi connectivity index (χ2v) is 7.68. The minimum atomic E-state index is -0.802. The summed E-state index contributed by atoms with van der Waals surface area (Å²) in [7, 11) is 0. The smallest absolute Gasteiger partial charge is 0.256 e. The van der Waals surface area contributed by atoms with E-state index in [2.05, 4.69) is 26.1 Å². The molecule has 2 rings (SSSR count). The summed E-state index contributed by atoms with van der Waals surface area (Å²) in [6.07, 6.45) is 6.73. The molecule has 0 heterocycles. The average molecular weight is 347 g/mol. The van der Waals surface area contributed by atoms with Gasteiger partial charge in [0, 0.05) is 12.3 Å². The predicted octanol–water partition coefficient (Wildman–Crippen LogP) is 5.18. The Morgan fingerprint density at radius 3 is 2.44 bits per heavy atom. The SMILES string of the molecule is CCCOC(C)(CC(C)C)C(=O)Nc1ccc(OC2CCCC2)cc1. The molecular weight excluding hydrogens is 314 g/mol. The highest BCUT2D eigenvalue weighted by Crippen LogP contribution is 2.27. The number of carbonyl (C=O) groups is 1. The van der Waals surface area contributed by atoms with E-state index in [4.69, 9.17) is 9.47 Å². The van der Waals surface area contributed by atoms with Crippen molar-refractivity contribution < 1.29 is 14.3 Å². The number of hydrogen-bond acceptors (Lipinski definition) is 3. The zero-order valence-electron chi connectivity index (χ0n) is 16.1. The number of anilines is 1. The van der Waals surface area contributed by atoms with Crippen LogP contribution in [0.2, 0.25) is 0 Å². The maximum absolute atomic E-state index is 12.8. The highest BCUT2D eigenvalue weighted by atomic mass is 16.5. The van der Waals surface area contributed by atoms with E-state index in [1.165, 1.54) is 12.8 Å². The van der Waals surface area contributed by atoms with Crippen LogP contribution in [-0.4, -0.2) is 24.2 Å². The molecule has 0 bridgehead atoms. The van der Waals surface area contributed by atoms with Gasteiger partial charge in [0.2, 0.25) is 0 Å². The van der Waals surface area contributed by atoms with E-state index in [0.717, 1.165) is 30.7 Å². The summed E-state index contributed by atoms with van der Waals surface area (Å²) in [6, 6.07) is 7.66. The molecule has 1 saturated carbocycles. The van der Waals surface area contributed by atoms with Crippen LogP contribution in [-0.2, 0) is 9.53 Å². The normalized spacial score (nSPS) is 17.5. The molecule has 4 heteroatoms. The molecular formula is C21H33NO3. The molecule has 0 radical (unpaired) electrons. The van der Waals surface area contributed by atoms with Crippen molar-refractivity contribution >= 4 is 11.6 Å². The van der Waals surface area contributed by atoms with E-state index in [1.807, 2.05) is 31.2 Å². The zero-order chi connectivity index (χ0) is 18.3. The van der Waals surface area contributed by atoms with E-state index in [0.29, 0.717) is 25.0 Å². The van der Waals surface area contributed by atoms with Gasteiger partial charge in [0.1, 0.15) is 11.4 Å². The molecule has 1 amide bonds. The van der Waals surface area contributed by atoms with E-state index in [1.54, 1.807) is 0 Å². The van der Waals surface area contributed by atoms with Gasteiger partial charge < -0.3 is 14.8 Å². The van der Waals surface area contributed by atoms with Gasteiger partial charge in [-0.15, -0.1) is 0 Å². The molecule has 1 aliphatic rings. The second-order valence-electron chi connectivity index (χ2n) is 7.68. The monoisotopic (exact) mass is 347 g/mol. The van der Waals surface area contributed by atoms with Crippen LogP contribution in [0.25, 0.3) is 0 Å². The average Bonchev–Trinajstić information content (AvgIpc) is 3.07. The number of nitrogens with one attached hydrogen (secondary N) is 1. The molecule has 0 spiro atoms. The van der Waals surface area contributed by atoms with E-state index in [-0.39, 0.29) is 5.91 Å². The summed E-state index contributed by atoms with van der Waals surface area (Å²) in [5, 5.41) is 3.00. The first-order valence-corrected chi connectivity index (χ1v) is 9.65. The van der Waals surface area contributed by atoms with Crippen LogP contribution in [0.3, 0.4) is 0 Å². The lowest BCUT2D eigenvalue weighted by Gasteiger charge is -2.30. The quantitative estimate of drug-likeness (QED) is 0.670. The maximum Gasteiger partial charge on any atom is 0.256 e. The molecule has 1 aliphatic carbocycles. The molecule has 1 N–H and O–H groups in total. The fourth-order valence-corrected chi connectivity index (χ4v) is 3.40. The molecule has 1 aromatic carbocycles. The Labute approximate surface area is 152 Å². The Bertz CT molecular complexity index is 535. The summed E-state index contributed by atoms with van der Waals surface area (Å²) in [6.45, 7) is 8.74. The van der Waals surface area contributed by atoms with Crippen molar-refractivity contribution in [1.29, 1.82) is 0 Å². The van der Waals surface area contributed by atoms with Crippen LogP contribution in [0.15, 0.2) is 24.3 Å². The highest BCUT2D eigenvalue weighted by molar-refractivity contribution is 5.97. The van der Waals surface area contributed by atoms with Gasteiger partial charge in [-0.05, 0) is 75.6 Å². The van der Waals surface area contributed by atoms with Crippen LogP contribution in [0, 0.1) is 5.92 Å². The summed E-state index contributed by atoms with van der Waals surface area (Å²) >= 11 is 0. The van der Waals surface area contributed by atoms with Crippen molar-refractivity contribution in [3.05, 3.63) is 24.3 Å². The Morgan fingerprint density at radius 1 is 1.24 bits per heavy atom. The van der Waals surface area contributed by atoms with Gasteiger partial charge in [-0.3, -0.25) is 4.79 Å². The number of amides is 1. The highest BCUT2D eigenvalue weighted by Gasteiger charge is 2.34. The number of ether oxygens (including phenoxy) is 2. The molecule has 1 fully saturated rings. The van der Waals surface area contributed by atoms with Gasteiger partial charge >= 0.3 is 0 Å². The van der Waals surface area contributed by atoms with Gasteiger partial charge in [0.25, 0.3) is 5.91 Å². The third kappa shape index (κ3) is 6.03. The second kappa shape index (κ2) is 9.23. The van der Waals surface area contributed by atoms with Crippen molar-refractivity contribution in [2.75, 3.05) is 11.9 Å². The summed E-state index contributed by atoms with van der Waals surface area (Å²) in [5.74, 6) is 1.17. The summed E-state index contributed by atoms with van der Waals surface area (Å²) < 4.78 is 11.9. The molecule has 0 aliphatic heterocycles. The van der Waals surface area contributed by atoms with Gasteiger partial charge in [0.15, 0.2) is 0 Å². The Morgan fingerprint density at radius 2 is 1.88 bits per heavy atom. The topological polar surface area (TPSA) is 47.6 Å². The lowest BCUT2D eigenvalue weighted by atomic mass is 9.93. The molecule has 1 aromatic rings. The molecule has 4 nitrogen and oxygen atoms in total. The molecule has 1 unspecified atom stereocenters. The van der Waals surface area contributed by atoms with E-state index in [9.17, 15) is 4.79 Å². The minimum Gasteiger partial charge on any atom is -0.490 e. The maximum atomic E-state index is 12.8. The number of benzene rings is 1. The Hall–Kier alpha value is -1.55. The molecule has 0 aromatic heterocycles. The van der Waals surface area contributed by atoms with E-state index >= 15 is 0 Å². The van der Waals surface area contributed by atoms with Gasteiger partial charge in [-0.25, -0.2) is 0 Å². The first-order valence-electron chi connectivity index (χ1n) is 9.65. The standard InChI is InChI=1S/C21H33NO3/c1-5-14-24-21(4,15-16(2)3)20(23)22-17-10-12-19(13-11-17)25-18-8-6-7-9-18/h10-13,16,18H,5-9,14-15H2,1-4H3,(H,22,23). The zero-order valence-corrected chi connectivity index (χ0v) is 16.1. The first kappa shape index (κ1) is 19.8. The largest absolute Gasteiger partial charge is 0.490 e. The van der Waals surface area contributed by atoms with E-state index < -0.39 is 5.60 Å². The third-order valence-electron chi connectivity index (χ3n) is 4.62. The van der Waals surface area contributed by atoms with Gasteiger partial charge in [0.05, 0.1) is 6.10 Å². The summed E-state index contributed by atoms with van der Waals surface area (Å²) in [4.78, 5) is 12.8. The van der Waals surface area contributed by atoms with Crippen molar-refractivity contribution in [3.8, 4) is 5.75 Å². The number of hydrogen-bond donors (Lipinski definition) is 1. The van der Waals surface area contributed by atoms with Crippen molar-refractivity contribution in [2.24, 2.45) is 5.92 Å².